The van der Waals surface area contributed by atoms with Crippen molar-refractivity contribution in [2.24, 2.45) is 0 Å². The van der Waals surface area contributed by atoms with E-state index in [0.717, 1.165) is 0 Å². The van der Waals surface area contributed by atoms with Gasteiger partial charge in [0.25, 0.3) is 0 Å². The van der Waals surface area contributed by atoms with E-state index < -0.39 is 7.82 Å². The summed E-state index contributed by atoms with van der Waals surface area (Å²) in [6.07, 6.45) is 14.2. The summed E-state index contributed by atoms with van der Waals surface area (Å²) in [4.78, 5) is 21.6. The van der Waals surface area contributed by atoms with Gasteiger partial charge in [-0.15, -0.1) is 0 Å². The number of unbranched alkanes of at least 4 members (excludes halogenated alkanes) is 8. The summed E-state index contributed by atoms with van der Waals surface area (Å²) in [6, 6.07) is 0. The fourth-order valence-corrected chi connectivity index (χ4v) is 2.40. The van der Waals surface area contributed by atoms with Gasteiger partial charge in [-0.3, -0.25) is 0 Å². The molecule has 0 radical (unpaired) electrons. The molecule has 0 aliphatic heterocycles. The van der Waals surface area contributed by atoms with Crippen molar-refractivity contribution < 1.29 is 23.7 Å². The molecular weight excluding hydrogens is 301 g/mol. The quantitative estimate of drug-likeness (QED) is 0.284. The van der Waals surface area contributed by atoms with Crippen LogP contribution >= 0.6 is 7.82 Å². The van der Waals surface area contributed by atoms with Crippen molar-refractivity contribution >= 4 is 7.82 Å². The summed E-state index contributed by atoms with van der Waals surface area (Å²) in [5.41, 5.74) is 0. The van der Waals surface area contributed by atoms with Gasteiger partial charge in [0.15, 0.2) is 0 Å². The Balaban J connectivity index is 0. The first kappa shape index (κ1) is 24.3. The highest BCUT2D eigenvalue weighted by Gasteiger charge is 2.13. The Kier molecular flexibility index (Phi) is 16.2. The van der Waals surface area contributed by atoms with Crippen LogP contribution in [0, 0.1) is 0 Å². The van der Waals surface area contributed by atoms with Crippen LogP contribution in [0.15, 0.2) is 0 Å². The molecule has 0 aromatic heterocycles. The van der Waals surface area contributed by atoms with Crippen LogP contribution in [0.3, 0.4) is 0 Å². The normalized spacial score (nSPS) is 12.0. The van der Waals surface area contributed by atoms with E-state index in [1.54, 1.807) is 0 Å². The molecule has 0 saturated heterocycles. The summed E-state index contributed by atoms with van der Waals surface area (Å²) >= 11 is 0. The third-order valence-electron chi connectivity index (χ3n) is 3.73. The van der Waals surface area contributed by atoms with Crippen LogP contribution in [0.1, 0.15) is 78.1 Å². The second-order valence-corrected chi connectivity index (χ2v) is 7.75. The summed E-state index contributed by atoms with van der Waals surface area (Å²) in [7, 11) is 0.152. The third kappa shape index (κ3) is 28.3. The van der Waals surface area contributed by atoms with Gasteiger partial charge in [0.1, 0.15) is 0 Å². The average Bonchev–Trinajstić information content (AvgIpc) is 2.36. The first-order chi connectivity index (χ1) is 10.1. The van der Waals surface area contributed by atoms with Gasteiger partial charge in [-0.05, 0) is 25.7 Å². The van der Waals surface area contributed by atoms with Crippen LogP contribution in [0.25, 0.3) is 0 Å². The van der Waals surface area contributed by atoms with Crippen molar-refractivity contribution in [1.29, 1.82) is 0 Å². The first-order valence-electron chi connectivity index (χ1n) is 8.72. The molecule has 0 fully saturated rings. The van der Waals surface area contributed by atoms with Crippen LogP contribution in [-0.4, -0.2) is 46.3 Å². The van der Waals surface area contributed by atoms with E-state index in [-0.39, 0.29) is 0 Å². The zero-order chi connectivity index (χ0) is 17.5. The lowest BCUT2D eigenvalue weighted by Crippen LogP contribution is -2.41. The molecule has 0 aromatic rings. The molecule has 0 amide bonds. The van der Waals surface area contributed by atoms with Gasteiger partial charge in [-0.25, -0.2) is 4.57 Å². The maximum atomic E-state index is 8.88. The van der Waals surface area contributed by atoms with Gasteiger partial charge in [0.05, 0.1) is 27.2 Å². The van der Waals surface area contributed by atoms with E-state index >= 15 is 0 Å². The van der Waals surface area contributed by atoms with Crippen LogP contribution in [-0.2, 0) is 4.57 Å². The molecule has 3 N–H and O–H groups in total. The van der Waals surface area contributed by atoms with Crippen molar-refractivity contribution in [3.63, 3.8) is 0 Å². The number of hydrogen-bond donors (Lipinski definition) is 3. The molecule has 0 unspecified atom stereocenters. The molecule has 0 aromatic carbocycles. The van der Waals surface area contributed by atoms with Gasteiger partial charge in [-0.1, -0.05) is 52.4 Å². The minimum absolute atomic E-state index is 1.23. The second-order valence-electron chi connectivity index (χ2n) is 6.72. The van der Waals surface area contributed by atoms with Crippen molar-refractivity contribution in [2.75, 3.05) is 27.2 Å². The molecule has 0 aliphatic rings. The molecule has 0 spiro atoms. The van der Waals surface area contributed by atoms with Crippen molar-refractivity contribution in [2.45, 2.75) is 78.1 Å². The fraction of sp³-hybridized carbons (Fsp3) is 1.00. The molecule has 0 atom stereocenters. The molecule has 0 rings (SSSR count). The smallest absolute Gasteiger partial charge is 0.328 e. The molecule has 0 saturated carbocycles. The molecule has 136 valence electrons. The van der Waals surface area contributed by atoms with Gasteiger partial charge in [-0.2, -0.15) is 0 Å². The number of quaternary nitrogens is 1. The first-order valence-corrected chi connectivity index (χ1v) is 10.3. The molecule has 0 bridgehead atoms. The second kappa shape index (κ2) is 14.6. The lowest BCUT2D eigenvalue weighted by atomic mass is 10.1. The standard InChI is InChI=1S/C16H36N.H3O4P/c1-5-7-9-10-11-12-14-16-17(3,4)15-13-8-6-2;1-5(2,3)4/h5-16H2,1-4H3;(H3,1,2,3,4)/q+1;. The van der Waals surface area contributed by atoms with Gasteiger partial charge in [0.2, 0.25) is 0 Å². The topological polar surface area (TPSA) is 77.8 Å². The number of phosphoric acid groups is 1. The third-order valence-corrected chi connectivity index (χ3v) is 3.73. The largest absolute Gasteiger partial charge is 0.466 e. The van der Waals surface area contributed by atoms with E-state index in [0.29, 0.717) is 0 Å². The molecule has 6 heteroatoms. The molecule has 5 nitrogen and oxygen atoms in total. The molecular formula is C16H39NO4P+. The van der Waals surface area contributed by atoms with Gasteiger partial charge in [0, 0.05) is 0 Å². The van der Waals surface area contributed by atoms with Gasteiger partial charge < -0.3 is 19.2 Å². The highest BCUT2D eigenvalue weighted by molar-refractivity contribution is 7.45. The van der Waals surface area contributed by atoms with E-state index in [4.69, 9.17) is 19.2 Å². The summed E-state index contributed by atoms with van der Waals surface area (Å²) < 4.78 is 10.1. The minimum atomic E-state index is -4.64. The highest BCUT2D eigenvalue weighted by Crippen LogP contribution is 2.25. The molecule has 0 heterocycles. The predicted molar refractivity (Wildman–Crippen MR) is 93.6 cm³/mol. The highest BCUT2D eigenvalue weighted by atomic mass is 31.2. The van der Waals surface area contributed by atoms with Crippen molar-refractivity contribution in [3.05, 3.63) is 0 Å². The van der Waals surface area contributed by atoms with E-state index in [9.17, 15) is 0 Å². The summed E-state index contributed by atoms with van der Waals surface area (Å²) in [6.45, 7) is 7.31. The van der Waals surface area contributed by atoms with Crippen LogP contribution in [0.4, 0.5) is 0 Å². The van der Waals surface area contributed by atoms with Crippen LogP contribution in [0.2, 0.25) is 0 Å². The van der Waals surface area contributed by atoms with Gasteiger partial charge >= 0.3 is 7.82 Å². The Morgan fingerprint density at radius 2 is 0.955 bits per heavy atom. The molecule has 0 aliphatic carbocycles. The monoisotopic (exact) mass is 340 g/mol. The van der Waals surface area contributed by atoms with Crippen LogP contribution in [0.5, 0.6) is 0 Å². The summed E-state index contributed by atoms with van der Waals surface area (Å²) in [5.74, 6) is 0. The lowest BCUT2D eigenvalue weighted by molar-refractivity contribution is -0.890. The average molecular weight is 340 g/mol. The fourth-order valence-electron chi connectivity index (χ4n) is 2.40. The Hall–Kier alpha value is 0.0700. The maximum absolute atomic E-state index is 8.88. The van der Waals surface area contributed by atoms with Crippen molar-refractivity contribution in [1.82, 2.24) is 0 Å². The Morgan fingerprint density at radius 3 is 1.36 bits per heavy atom. The molecule has 22 heavy (non-hydrogen) atoms. The predicted octanol–water partition coefficient (Wildman–Crippen LogP) is 4.08. The maximum Gasteiger partial charge on any atom is 0.466 e. The minimum Gasteiger partial charge on any atom is -0.328 e. The van der Waals surface area contributed by atoms with E-state index in [2.05, 4.69) is 27.9 Å². The Morgan fingerprint density at radius 1 is 0.682 bits per heavy atom. The zero-order valence-electron chi connectivity index (χ0n) is 15.1. The van der Waals surface area contributed by atoms with Crippen molar-refractivity contribution in [3.8, 4) is 0 Å². The SMILES string of the molecule is CCCCCCCCC[N+](C)(C)CCCCC.O=P(O)(O)O. The Bertz CT molecular complexity index is 271. The van der Waals surface area contributed by atoms with Crippen LogP contribution < -0.4 is 0 Å². The number of hydrogen-bond acceptors (Lipinski definition) is 1. The zero-order valence-corrected chi connectivity index (χ0v) is 16.0. The lowest BCUT2D eigenvalue weighted by Gasteiger charge is -2.29. The Labute approximate surface area is 137 Å². The van der Waals surface area contributed by atoms with E-state index in [1.807, 2.05) is 0 Å². The summed E-state index contributed by atoms with van der Waals surface area (Å²) in [5, 5.41) is 0. The van der Waals surface area contributed by atoms with E-state index in [1.165, 1.54) is 81.8 Å². The number of nitrogens with zero attached hydrogens (tertiary/aromatic N) is 1. The number of rotatable bonds is 12.